The summed E-state index contributed by atoms with van der Waals surface area (Å²) in [5.74, 6) is -0.190. The van der Waals surface area contributed by atoms with Crippen LogP contribution in [0.4, 0.5) is 11.4 Å². The van der Waals surface area contributed by atoms with E-state index >= 15 is 0 Å². The Balaban J connectivity index is 1.51. The second kappa shape index (κ2) is 8.65. The van der Waals surface area contributed by atoms with Gasteiger partial charge in [-0.25, -0.2) is 0 Å². The van der Waals surface area contributed by atoms with Crippen LogP contribution < -0.4 is 10.6 Å². The van der Waals surface area contributed by atoms with Gasteiger partial charge in [0, 0.05) is 11.4 Å². The summed E-state index contributed by atoms with van der Waals surface area (Å²) < 4.78 is 0. The fraction of sp³-hybridized carbons (Fsp3) is 0.0833. The third kappa shape index (κ3) is 4.35. The van der Waals surface area contributed by atoms with E-state index in [1.54, 1.807) is 0 Å². The molecule has 0 aliphatic rings. The van der Waals surface area contributed by atoms with Crippen LogP contribution in [0.2, 0.25) is 0 Å². The summed E-state index contributed by atoms with van der Waals surface area (Å²) in [5, 5.41) is 9.72. The molecule has 2 N–H and O–H groups in total. The zero-order valence-electron chi connectivity index (χ0n) is 16.6. The minimum absolute atomic E-state index is 0.0949. The molecule has 2 aromatic heterocycles. The molecule has 6 heteroatoms. The highest BCUT2D eigenvalue weighted by atomic mass is 32.1. The lowest BCUT2D eigenvalue weighted by Crippen LogP contribution is -2.11. The molecule has 4 nitrogen and oxygen atoms in total. The molecule has 150 valence electrons. The largest absolute Gasteiger partial charge is 0.321 e. The highest BCUT2D eigenvalue weighted by Crippen LogP contribution is 2.29. The summed E-state index contributed by atoms with van der Waals surface area (Å²) in [5.41, 5.74) is 5.69. The van der Waals surface area contributed by atoms with E-state index in [1.807, 2.05) is 73.1 Å². The van der Waals surface area contributed by atoms with Crippen molar-refractivity contribution in [1.82, 2.24) is 0 Å². The number of thiophene rings is 2. The first-order chi connectivity index (χ1) is 14.5. The van der Waals surface area contributed by atoms with Crippen molar-refractivity contribution in [2.45, 2.75) is 13.8 Å². The van der Waals surface area contributed by atoms with Crippen molar-refractivity contribution in [2.75, 3.05) is 10.6 Å². The van der Waals surface area contributed by atoms with Crippen molar-refractivity contribution in [3.05, 3.63) is 92.3 Å². The van der Waals surface area contributed by atoms with Gasteiger partial charge in [-0.15, -0.1) is 22.7 Å². The minimum Gasteiger partial charge on any atom is -0.321 e. The maximum absolute atomic E-state index is 12.3. The average Bonchev–Trinajstić information content (AvgIpc) is 3.45. The normalized spacial score (nSPS) is 10.6. The van der Waals surface area contributed by atoms with Crippen LogP contribution in [0.3, 0.4) is 0 Å². The number of carbonyl (C=O) groups is 2. The van der Waals surface area contributed by atoms with Gasteiger partial charge < -0.3 is 10.6 Å². The van der Waals surface area contributed by atoms with E-state index in [-0.39, 0.29) is 11.8 Å². The Morgan fingerprint density at radius 3 is 1.43 bits per heavy atom. The van der Waals surface area contributed by atoms with Gasteiger partial charge in [0.05, 0.1) is 9.75 Å². The SMILES string of the molecule is Cc1cc(-c2ccc(NC(=O)c3cccs3)c(C)c2)ccc1NC(=O)c1cccs1. The molecule has 30 heavy (non-hydrogen) atoms. The first kappa shape index (κ1) is 20.1. The van der Waals surface area contributed by atoms with Gasteiger partial charge in [0.2, 0.25) is 0 Å². The standard InChI is InChI=1S/C24H20N2O2S2/c1-15-13-17(7-9-19(15)25-23(27)21-5-3-11-29-21)18-8-10-20(16(2)14-18)26-24(28)22-6-4-12-30-22/h3-14H,1-2H3,(H,25,27)(H,26,28). The predicted molar refractivity (Wildman–Crippen MR) is 126 cm³/mol. The zero-order chi connectivity index (χ0) is 21.1. The quantitative estimate of drug-likeness (QED) is 0.373. The Kier molecular flexibility index (Phi) is 5.79. The molecule has 0 radical (unpaired) electrons. The van der Waals surface area contributed by atoms with Crippen LogP contribution in [-0.4, -0.2) is 11.8 Å². The van der Waals surface area contributed by atoms with E-state index in [4.69, 9.17) is 0 Å². The van der Waals surface area contributed by atoms with Crippen molar-refractivity contribution in [3.8, 4) is 11.1 Å². The molecule has 0 fully saturated rings. The summed E-state index contributed by atoms with van der Waals surface area (Å²) in [6, 6.07) is 19.3. The molecule has 0 saturated carbocycles. The monoisotopic (exact) mass is 432 g/mol. The van der Waals surface area contributed by atoms with Crippen molar-refractivity contribution in [1.29, 1.82) is 0 Å². The number of hydrogen-bond acceptors (Lipinski definition) is 4. The lowest BCUT2D eigenvalue weighted by Gasteiger charge is -2.12. The maximum atomic E-state index is 12.3. The Labute approximate surface area is 183 Å². The van der Waals surface area contributed by atoms with Crippen molar-refractivity contribution < 1.29 is 9.59 Å². The van der Waals surface area contributed by atoms with Gasteiger partial charge in [-0.05, 0) is 83.3 Å². The van der Waals surface area contributed by atoms with E-state index in [0.717, 1.165) is 33.6 Å². The number of hydrogen-bond donors (Lipinski definition) is 2. The number of amides is 2. The van der Waals surface area contributed by atoms with Crippen molar-refractivity contribution in [2.24, 2.45) is 0 Å². The Bertz CT molecular complexity index is 1100. The number of anilines is 2. The molecular weight excluding hydrogens is 412 g/mol. The fourth-order valence-corrected chi connectivity index (χ4v) is 4.39. The first-order valence-corrected chi connectivity index (χ1v) is 11.2. The average molecular weight is 433 g/mol. The molecule has 0 spiro atoms. The molecule has 0 aliphatic carbocycles. The smallest absolute Gasteiger partial charge is 0.265 e. The highest BCUT2D eigenvalue weighted by Gasteiger charge is 2.11. The first-order valence-electron chi connectivity index (χ1n) is 9.42. The lowest BCUT2D eigenvalue weighted by atomic mass is 10.00. The van der Waals surface area contributed by atoms with Gasteiger partial charge in [0.1, 0.15) is 0 Å². The Morgan fingerprint density at radius 1 is 0.667 bits per heavy atom. The van der Waals surface area contributed by atoms with E-state index in [9.17, 15) is 9.59 Å². The van der Waals surface area contributed by atoms with Crippen LogP contribution >= 0.6 is 22.7 Å². The Morgan fingerprint density at radius 2 is 1.10 bits per heavy atom. The number of rotatable bonds is 5. The molecule has 2 aromatic carbocycles. The number of carbonyl (C=O) groups excluding carboxylic acids is 2. The zero-order valence-corrected chi connectivity index (χ0v) is 18.2. The third-order valence-corrected chi connectivity index (χ3v) is 6.51. The van der Waals surface area contributed by atoms with Crippen LogP contribution in [-0.2, 0) is 0 Å². The summed E-state index contributed by atoms with van der Waals surface area (Å²) in [7, 11) is 0. The van der Waals surface area contributed by atoms with Gasteiger partial charge in [-0.3, -0.25) is 9.59 Å². The van der Waals surface area contributed by atoms with Gasteiger partial charge >= 0.3 is 0 Å². The Hall–Kier alpha value is -3.22. The molecule has 0 unspecified atom stereocenters. The third-order valence-electron chi connectivity index (χ3n) is 4.77. The van der Waals surface area contributed by atoms with Gasteiger partial charge in [-0.1, -0.05) is 24.3 Å². The van der Waals surface area contributed by atoms with E-state index in [1.165, 1.54) is 22.7 Å². The van der Waals surface area contributed by atoms with Crippen LogP contribution in [0.25, 0.3) is 11.1 Å². The molecule has 2 heterocycles. The minimum atomic E-state index is -0.0949. The fourth-order valence-electron chi connectivity index (χ4n) is 3.15. The van der Waals surface area contributed by atoms with Gasteiger partial charge in [0.15, 0.2) is 0 Å². The van der Waals surface area contributed by atoms with Crippen LogP contribution in [0.5, 0.6) is 0 Å². The van der Waals surface area contributed by atoms with Crippen molar-refractivity contribution >= 4 is 45.9 Å². The molecule has 4 aromatic rings. The molecule has 0 aliphatic heterocycles. The van der Waals surface area contributed by atoms with Crippen molar-refractivity contribution in [3.63, 3.8) is 0 Å². The second-order valence-corrected chi connectivity index (χ2v) is 8.82. The molecule has 4 rings (SSSR count). The summed E-state index contributed by atoms with van der Waals surface area (Å²) in [6.07, 6.45) is 0. The molecule has 0 bridgehead atoms. The second-order valence-electron chi connectivity index (χ2n) is 6.92. The molecular formula is C24H20N2O2S2. The lowest BCUT2D eigenvalue weighted by molar-refractivity contribution is 0.102. The van der Waals surface area contributed by atoms with E-state index in [0.29, 0.717) is 9.75 Å². The van der Waals surface area contributed by atoms with Gasteiger partial charge in [0.25, 0.3) is 11.8 Å². The van der Waals surface area contributed by atoms with Gasteiger partial charge in [-0.2, -0.15) is 0 Å². The summed E-state index contributed by atoms with van der Waals surface area (Å²) in [6.45, 7) is 3.96. The predicted octanol–water partition coefficient (Wildman–Crippen LogP) is 6.60. The topological polar surface area (TPSA) is 58.2 Å². The summed E-state index contributed by atoms with van der Waals surface area (Å²) >= 11 is 2.84. The molecule has 2 amide bonds. The maximum Gasteiger partial charge on any atom is 0.265 e. The van der Waals surface area contributed by atoms with Crippen LogP contribution in [0.15, 0.2) is 71.4 Å². The van der Waals surface area contributed by atoms with E-state index < -0.39 is 0 Å². The number of benzene rings is 2. The molecule has 0 saturated heterocycles. The van der Waals surface area contributed by atoms with Crippen LogP contribution in [0.1, 0.15) is 30.5 Å². The van der Waals surface area contributed by atoms with E-state index in [2.05, 4.69) is 22.8 Å². The molecule has 0 atom stereocenters. The number of nitrogens with one attached hydrogen (secondary N) is 2. The summed E-state index contributed by atoms with van der Waals surface area (Å²) in [4.78, 5) is 26.0. The number of aryl methyl sites for hydroxylation is 2. The highest BCUT2D eigenvalue weighted by molar-refractivity contribution is 7.12. The van der Waals surface area contributed by atoms with Crippen LogP contribution in [0, 0.1) is 13.8 Å².